The molecule has 0 saturated carbocycles. The Labute approximate surface area is 92.5 Å². The van der Waals surface area contributed by atoms with E-state index in [4.69, 9.17) is 0 Å². The lowest BCUT2D eigenvalue weighted by Gasteiger charge is -2.11. The molecule has 0 radical (unpaired) electrons. The van der Waals surface area contributed by atoms with E-state index in [2.05, 4.69) is 10.3 Å². The number of aromatic amines is 1. The van der Waals surface area contributed by atoms with Gasteiger partial charge in [-0.25, -0.2) is 0 Å². The molecule has 0 aliphatic carbocycles. The van der Waals surface area contributed by atoms with E-state index in [0.717, 1.165) is 5.75 Å². The highest BCUT2D eigenvalue weighted by molar-refractivity contribution is 7.98. The number of pyridine rings is 1. The zero-order valence-corrected chi connectivity index (χ0v) is 9.56. The number of amides is 1. The van der Waals surface area contributed by atoms with Crippen LogP contribution in [0.2, 0.25) is 0 Å². The van der Waals surface area contributed by atoms with Crippen LogP contribution in [-0.2, 0) is 0 Å². The maximum absolute atomic E-state index is 11.6. The molecule has 1 aromatic heterocycles. The lowest BCUT2D eigenvalue weighted by atomic mass is 10.2. The number of thioether (sulfide) groups is 1. The third-order valence-electron chi connectivity index (χ3n) is 1.86. The van der Waals surface area contributed by atoms with Crippen molar-refractivity contribution in [1.29, 1.82) is 0 Å². The molecule has 0 saturated heterocycles. The molecule has 15 heavy (non-hydrogen) atoms. The van der Waals surface area contributed by atoms with Gasteiger partial charge in [0.05, 0.1) is 0 Å². The second-order valence-electron chi connectivity index (χ2n) is 3.25. The average Bonchev–Trinajstić information content (AvgIpc) is 2.18. The predicted molar refractivity (Wildman–Crippen MR) is 62.4 cm³/mol. The second kappa shape index (κ2) is 5.60. The number of carbonyl (C=O) groups excluding carboxylic acids is 1. The number of H-pyrrole nitrogens is 1. The number of rotatable bonds is 4. The van der Waals surface area contributed by atoms with Crippen LogP contribution in [-0.4, -0.2) is 28.9 Å². The molecule has 1 amide bonds. The van der Waals surface area contributed by atoms with E-state index in [1.165, 1.54) is 18.5 Å². The second-order valence-corrected chi connectivity index (χ2v) is 4.16. The Morgan fingerprint density at radius 2 is 2.40 bits per heavy atom. The predicted octanol–water partition coefficient (Wildman–Crippen LogP) is 0.856. The minimum absolute atomic E-state index is 0.0621. The van der Waals surface area contributed by atoms with Crippen LogP contribution in [0.5, 0.6) is 0 Å². The Hall–Kier alpha value is -1.23. The third kappa shape index (κ3) is 3.43. The molecule has 0 aliphatic rings. The number of hydrogen-bond acceptors (Lipinski definition) is 3. The minimum atomic E-state index is -0.321. The highest BCUT2D eigenvalue weighted by Crippen LogP contribution is 1.97. The van der Waals surface area contributed by atoms with Gasteiger partial charge in [0.1, 0.15) is 5.56 Å². The van der Waals surface area contributed by atoms with E-state index in [1.807, 2.05) is 13.2 Å². The highest BCUT2D eigenvalue weighted by Gasteiger charge is 2.11. The van der Waals surface area contributed by atoms with Gasteiger partial charge in [0, 0.05) is 30.3 Å². The molecule has 0 aromatic carbocycles. The monoisotopic (exact) mass is 226 g/mol. The van der Waals surface area contributed by atoms with Crippen molar-refractivity contribution in [3.05, 3.63) is 34.2 Å². The van der Waals surface area contributed by atoms with Gasteiger partial charge in [-0.05, 0) is 13.2 Å². The summed E-state index contributed by atoms with van der Waals surface area (Å²) in [5.74, 6) is 0.509. The van der Waals surface area contributed by atoms with Gasteiger partial charge in [-0.3, -0.25) is 9.59 Å². The number of hydrogen-bond donors (Lipinski definition) is 2. The molecule has 0 aliphatic heterocycles. The molecule has 1 heterocycles. The first-order valence-electron chi connectivity index (χ1n) is 4.62. The van der Waals surface area contributed by atoms with Gasteiger partial charge in [-0.2, -0.15) is 11.8 Å². The molecule has 4 nitrogen and oxygen atoms in total. The van der Waals surface area contributed by atoms with Crippen molar-refractivity contribution in [3.63, 3.8) is 0 Å². The summed E-state index contributed by atoms with van der Waals surface area (Å²) in [4.78, 5) is 25.6. The zero-order chi connectivity index (χ0) is 11.3. The van der Waals surface area contributed by atoms with Crippen LogP contribution < -0.4 is 10.7 Å². The maximum Gasteiger partial charge on any atom is 0.256 e. The molecule has 0 fully saturated rings. The third-order valence-corrected chi connectivity index (χ3v) is 2.70. The van der Waals surface area contributed by atoms with Crippen molar-refractivity contribution in [3.8, 4) is 0 Å². The highest BCUT2D eigenvalue weighted by atomic mass is 32.2. The SMILES string of the molecule is CSCC(C)NC(=O)c1c[nH]ccc1=O. The van der Waals surface area contributed by atoms with Crippen molar-refractivity contribution in [2.45, 2.75) is 13.0 Å². The van der Waals surface area contributed by atoms with Crippen molar-refractivity contribution < 1.29 is 4.79 Å². The zero-order valence-electron chi connectivity index (χ0n) is 8.74. The number of aromatic nitrogens is 1. The number of nitrogens with one attached hydrogen (secondary N) is 2. The topological polar surface area (TPSA) is 62.0 Å². The van der Waals surface area contributed by atoms with E-state index in [-0.39, 0.29) is 22.9 Å². The van der Waals surface area contributed by atoms with E-state index < -0.39 is 0 Å². The molecular formula is C10H14N2O2S. The summed E-state index contributed by atoms with van der Waals surface area (Å²) < 4.78 is 0. The van der Waals surface area contributed by atoms with Crippen molar-refractivity contribution in [1.82, 2.24) is 10.3 Å². The van der Waals surface area contributed by atoms with Gasteiger partial charge < -0.3 is 10.3 Å². The molecule has 2 N–H and O–H groups in total. The summed E-state index contributed by atoms with van der Waals surface area (Å²) in [6, 6.07) is 1.40. The Balaban J connectivity index is 2.70. The van der Waals surface area contributed by atoms with Gasteiger partial charge in [0.15, 0.2) is 5.43 Å². The summed E-state index contributed by atoms with van der Waals surface area (Å²) in [6.45, 7) is 1.91. The largest absolute Gasteiger partial charge is 0.367 e. The molecule has 1 aromatic rings. The van der Waals surface area contributed by atoms with Gasteiger partial charge in [0.2, 0.25) is 0 Å². The smallest absolute Gasteiger partial charge is 0.256 e. The fraction of sp³-hybridized carbons (Fsp3) is 0.400. The Kier molecular flexibility index (Phi) is 4.42. The first kappa shape index (κ1) is 11.8. The fourth-order valence-corrected chi connectivity index (χ4v) is 1.77. The van der Waals surface area contributed by atoms with Crippen LogP contribution in [0.25, 0.3) is 0 Å². The lowest BCUT2D eigenvalue weighted by molar-refractivity contribution is 0.0942. The molecule has 0 bridgehead atoms. The van der Waals surface area contributed by atoms with Crippen molar-refractivity contribution >= 4 is 17.7 Å². The van der Waals surface area contributed by atoms with Gasteiger partial charge >= 0.3 is 0 Å². The first-order chi connectivity index (χ1) is 7.15. The van der Waals surface area contributed by atoms with E-state index in [0.29, 0.717) is 0 Å². The van der Waals surface area contributed by atoms with Crippen molar-refractivity contribution in [2.24, 2.45) is 0 Å². The molecule has 1 unspecified atom stereocenters. The molecule has 0 spiro atoms. The van der Waals surface area contributed by atoms with Crippen LogP contribution in [0.15, 0.2) is 23.3 Å². The van der Waals surface area contributed by atoms with Gasteiger partial charge in [0.25, 0.3) is 5.91 Å². The quantitative estimate of drug-likeness (QED) is 0.800. The Morgan fingerprint density at radius 1 is 1.67 bits per heavy atom. The Morgan fingerprint density at radius 3 is 3.00 bits per heavy atom. The molecular weight excluding hydrogens is 212 g/mol. The summed E-state index contributed by atoms with van der Waals surface area (Å²) in [7, 11) is 0. The van der Waals surface area contributed by atoms with Crippen LogP contribution in [0, 0.1) is 0 Å². The van der Waals surface area contributed by atoms with Gasteiger partial charge in [-0.15, -0.1) is 0 Å². The Bertz CT molecular complexity index is 389. The number of carbonyl (C=O) groups is 1. The van der Waals surface area contributed by atoms with Crippen LogP contribution in [0.1, 0.15) is 17.3 Å². The molecule has 82 valence electrons. The minimum Gasteiger partial charge on any atom is -0.367 e. The maximum atomic E-state index is 11.6. The molecule has 1 atom stereocenters. The van der Waals surface area contributed by atoms with Crippen LogP contribution in [0.3, 0.4) is 0 Å². The van der Waals surface area contributed by atoms with E-state index in [9.17, 15) is 9.59 Å². The molecule has 5 heteroatoms. The normalized spacial score (nSPS) is 12.1. The standard InChI is InChI=1S/C10H14N2O2S/c1-7(6-15-2)12-10(14)8-5-11-4-3-9(8)13/h3-5,7H,6H2,1-2H3,(H,11,13)(H,12,14). The first-order valence-corrected chi connectivity index (χ1v) is 6.01. The average molecular weight is 226 g/mol. The summed E-state index contributed by atoms with van der Waals surface area (Å²) in [6.07, 6.45) is 4.89. The van der Waals surface area contributed by atoms with E-state index >= 15 is 0 Å². The van der Waals surface area contributed by atoms with E-state index in [1.54, 1.807) is 11.8 Å². The van der Waals surface area contributed by atoms with Crippen LogP contribution in [0.4, 0.5) is 0 Å². The lowest BCUT2D eigenvalue weighted by Crippen LogP contribution is -2.36. The van der Waals surface area contributed by atoms with Crippen molar-refractivity contribution in [2.75, 3.05) is 12.0 Å². The summed E-state index contributed by atoms with van der Waals surface area (Å²) in [5, 5.41) is 2.76. The van der Waals surface area contributed by atoms with Crippen LogP contribution >= 0.6 is 11.8 Å². The summed E-state index contributed by atoms with van der Waals surface area (Å²) >= 11 is 1.65. The molecule has 1 rings (SSSR count). The summed E-state index contributed by atoms with van der Waals surface area (Å²) in [5.41, 5.74) is -0.104. The fourth-order valence-electron chi connectivity index (χ4n) is 1.19. The van der Waals surface area contributed by atoms with Gasteiger partial charge in [-0.1, -0.05) is 0 Å².